The topological polar surface area (TPSA) is 58.9 Å². The number of rotatable bonds is 5. The molecule has 1 heterocycles. The van der Waals surface area contributed by atoms with Crippen LogP contribution in [-0.4, -0.2) is 31.5 Å². The summed E-state index contributed by atoms with van der Waals surface area (Å²) in [6.45, 7) is 14.9. The zero-order chi connectivity index (χ0) is 33.1. The highest BCUT2D eigenvalue weighted by molar-refractivity contribution is 6.90. The molecule has 1 aliphatic carbocycles. The molecule has 7 rings (SSSR count). The normalized spacial score (nSPS) is 21.3. The fourth-order valence-corrected chi connectivity index (χ4v) is 13.7. The van der Waals surface area contributed by atoms with Crippen LogP contribution in [0.1, 0.15) is 81.2 Å². The number of fused-ring (bicyclic) bond motifs is 4. The van der Waals surface area contributed by atoms with E-state index in [9.17, 15) is 10.2 Å². The van der Waals surface area contributed by atoms with Gasteiger partial charge in [-0.05, 0) is 68.0 Å². The molecule has 5 aromatic rings. The van der Waals surface area contributed by atoms with Crippen molar-refractivity contribution < 1.29 is 19.7 Å². The smallest absolute Gasteiger partial charge is 0.184 e. The molecule has 4 nitrogen and oxygen atoms in total. The lowest BCUT2D eigenvalue weighted by molar-refractivity contribution is -0.0441. The van der Waals surface area contributed by atoms with E-state index in [-0.39, 0.29) is 0 Å². The van der Waals surface area contributed by atoms with E-state index in [4.69, 9.17) is 9.47 Å². The molecule has 5 heteroatoms. The van der Waals surface area contributed by atoms with Gasteiger partial charge in [-0.1, -0.05) is 120 Å². The second-order valence-corrected chi connectivity index (χ2v) is 19.8. The van der Waals surface area contributed by atoms with Crippen LogP contribution in [0, 0.1) is 11.5 Å². The maximum absolute atomic E-state index is 13.3. The van der Waals surface area contributed by atoms with Gasteiger partial charge in [0.15, 0.2) is 11.9 Å². The van der Waals surface area contributed by atoms with E-state index >= 15 is 0 Å². The van der Waals surface area contributed by atoms with Crippen LogP contribution in [0.4, 0.5) is 0 Å². The minimum Gasteiger partial charge on any atom is -0.376 e. The lowest BCUT2D eigenvalue weighted by atomic mass is 9.64. The van der Waals surface area contributed by atoms with Gasteiger partial charge in [0.05, 0.1) is 13.2 Å². The Balaban J connectivity index is 1.56. The van der Waals surface area contributed by atoms with Crippen molar-refractivity contribution in [1.82, 2.24) is 0 Å². The van der Waals surface area contributed by atoms with Gasteiger partial charge in [-0.2, -0.15) is 0 Å². The molecule has 5 aromatic carbocycles. The van der Waals surface area contributed by atoms with Crippen LogP contribution in [0.5, 0.6) is 0 Å². The maximum atomic E-state index is 13.3. The molecule has 0 spiro atoms. The zero-order valence-electron chi connectivity index (χ0n) is 28.2. The van der Waals surface area contributed by atoms with Gasteiger partial charge in [0.1, 0.15) is 13.7 Å². The molecular weight excluding hydrogens is 597 g/mol. The van der Waals surface area contributed by atoms with Crippen LogP contribution in [0.25, 0.3) is 21.5 Å². The summed E-state index contributed by atoms with van der Waals surface area (Å²) in [6, 6.07) is 32.3. The zero-order valence-corrected chi connectivity index (χ0v) is 29.2. The lowest BCUT2D eigenvalue weighted by Crippen LogP contribution is -2.46. The van der Waals surface area contributed by atoms with Crippen molar-refractivity contribution >= 4 is 29.6 Å². The first-order chi connectivity index (χ1) is 22.5. The summed E-state index contributed by atoms with van der Waals surface area (Å²) in [5.74, 6) is 3.58. The van der Waals surface area contributed by atoms with Gasteiger partial charge < -0.3 is 19.7 Å². The molecule has 240 valence electrons. The van der Waals surface area contributed by atoms with Crippen LogP contribution >= 0.6 is 0 Å². The molecule has 0 saturated carbocycles. The quantitative estimate of drug-likeness (QED) is 0.149. The predicted octanol–water partition coefficient (Wildman–Crippen LogP) is 9.09. The fraction of sp³-hybridized carbons (Fsp3) is 0.333. The average Bonchev–Trinajstić information content (AvgIpc) is 3.61. The van der Waals surface area contributed by atoms with Gasteiger partial charge in [-0.15, -0.1) is 5.54 Å². The van der Waals surface area contributed by atoms with Gasteiger partial charge in [0.2, 0.25) is 0 Å². The minimum atomic E-state index is -2.23. The van der Waals surface area contributed by atoms with Crippen molar-refractivity contribution in [3.63, 3.8) is 0 Å². The van der Waals surface area contributed by atoms with Gasteiger partial charge in [-0.3, -0.25) is 0 Å². The van der Waals surface area contributed by atoms with Crippen molar-refractivity contribution in [1.29, 1.82) is 0 Å². The van der Waals surface area contributed by atoms with Crippen molar-refractivity contribution in [2.45, 2.75) is 75.7 Å². The Morgan fingerprint density at radius 1 is 0.617 bits per heavy atom. The molecule has 1 fully saturated rings. The largest absolute Gasteiger partial charge is 0.376 e. The van der Waals surface area contributed by atoms with Crippen LogP contribution < -0.4 is 0 Å². The SMILES string of the molecule is CC(C)[Si](C#CC1(O)c2cc3ccccc3cc2C(O)(c2ccc(C3OCCO3)cc2)c2cc3ccccc3cc21)(C(C)C)C(C)C. The molecule has 0 aromatic heterocycles. The fourth-order valence-electron chi connectivity index (χ4n) is 8.48. The highest BCUT2D eigenvalue weighted by Gasteiger charge is 2.51. The maximum Gasteiger partial charge on any atom is 0.184 e. The first kappa shape index (κ1) is 31.8. The van der Waals surface area contributed by atoms with Gasteiger partial charge in [0, 0.05) is 27.8 Å². The lowest BCUT2D eigenvalue weighted by Gasteiger charge is -2.44. The van der Waals surface area contributed by atoms with Gasteiger partial charge >= 0.3 is 0 Å². The van der Waals surface area contributed by atoms with Crippen LogP contribution in [0.15, 0.2) is 97.1 Å². The molecule has 1 saturated heterocycles. The third-order valence-corrected chi connectivity index (χ3v) is 17.2. The van der Waals surface area contributed by atoms with Gasteiger partial charge in [0.25, 0.3) is 0 Å². The molecule has 0 unspecified atom stereocenters. The molecule has 2 aliphatic rings. The predicted molar refractivity (Wildman–Crippen MR) is 193 cm³/mol. The van der Waals surface area contributed by atoms with E-state index < -0.39 is 25.6 Å². The van der Waals surface area contributed by atoms with Crippen LogP contribution in [0.3, 0.4) is 0 Å². The standard InChI is InChI=1S/C42H44O4Si/c1-27(2)47(28(3)4,29(5)6)22-19-41(43)36-23-31-11-7-9-13-33(31)25-38(36)42(44,35-17-15-30(16-18-35)40-45-20-21-46-40)39-26-34-14-10-8-12-32(34)24-37(39)41/h7-18,23-29,40,43-44H,20-21H2,1-6H3. The van der Waals surface area contributed by atoms with Crippen molar-refractivity contribution in [3.8, 4) is 11.5 Å². The van der Waals surface area contributed by atoms with E-state index in [1.54, 1.807) is 0 Å². The number of benzene rings is 5. The molecule has 0 radical (unpaired) electrons. The van der Waals surface area contributed by atoms with Crippen LogP contribution in [0.2, 0.25) is 16.6 Å². The number of ether oxygens (including phenoxy) is 2. The number of hydrogen-bond acceptors (Lipinski definition) is 4. The van der Waals surface area contributed by atoms with Crippen molar-refractivity contribution in [2.75, 3.05) is 13.2 Å². The molecule has 0 amide bonds. The summed E-state index contributed by atoms with van der Waals surface area (Å²) < 4.78 is 11.5. The minimum absolute atomic E-state index is 0.401. The van der Waals surface area contributed by atoms with E-state index in [0.717, 1.165) is 27.1 Å². The van der Waals surface area contributed by atoms with Gasteiger partial charge in [-0.25, -0.2) is 0 Å². The second kappa shape index (κ2) is 11.7. The van der Waals surface area contributed by atoms with E-state index in [1.165, 1.54) is 0 Å². The molecule has 0 bridgehead atoms. The monoisotopic (exact) mass is 640 g/mol. The molecule has 1 aliphatic heterocycles. The van der Waals surface area contributed by atoms with Crippen molar-refractivity contribution in [3.05, 3.63) is 130 Å². The van der Waals surface area contributed by atoms with Crippen LogP contribution in [-0.2, 0) is 20.7 Å². The Morgan fingerprint density at radius 2 is 1.02 bits per heavy atom. The Morgan fingerprint density at radius 3 is 1.43 bits per heavy atom. The molecular formula is C42H44O4Si. The molecule has 47 heavy (non-hydrogen) atoms. The highest BCUT2D eigenvalue weighted by Crippen LogP contribution is 2.53. The number of aliphatic hydroxyl groups is 2. The third-order valence-electron chi connectivity index (χ3n) is 10.9. The average molecular weight is 641 g/mol. The number of hydrogen-bond donors (Lipinski definition) is 2. The first-order valence-corrected chi connectivity index (χ1v) is 19.1. The summed E-state index contributed by atoms with van der Waals surface area (Å²) in [7, 11) is -2.23. The Labute approximate surface area is 279 Å². The summed E-state index contributed by atoms with van der Waals surface area (Å²) in [5.41, 5.74) is 5.99. The van der Waals surface area contributed by atoms with Crippen molar-refractivity contribution in [2.24, 2.45) is 0 Å². The Bertz CT molecular complexity index is 1920. The van der Waals surface area contributed by atoms with E-state index in [0.29, 0.717) is 57.7 Å². The summed E-state index contributed by atoms with van der Waals surface area (Å²) in [6.07, 6.45) is -0.412. The molecule has 0 atom stereocenters. The summed E-state index contributed by atoms with van der Waals surface area (Å²) in [4.78, 5) is 0. The highest BCUT2D eigenvalue weighted by atomic mass is 28.3. The van der Waals surface area contributed by atoms with E-state index in [1.807, 2.05) is 72.8 Å². The van der Waals surface area contributed by atoms with E-state index in [2.05, 4.69) is 77.3 Å². The summed E-state index contributed by atoms with van der Waals surface area (Å²) >= 11 is 0. The summed E-state index contributed by atoms with van der Waals surface area (Å²) in [5, 5.41) is 30.6. The molecule has 2 N–H and O–H groups in total. The Kier molecular flexibility index (Phi) is 7.94. The third kappa shape index (κ3) is 4.89. The Hall–Kier alpha value is -3.76. The second-order valence-electron chi connectivity index (χ2n) is 14.3. The first-order valence-electron chi connectivity index (χ1n) is 16.9.